The Morgan fingerprint density at radius 1 is 1.28 bits per heavy atom. The summed E-state index contributed by atoms with van der Waals surface area (Å²) < 4.78 is 25.4. The van der Waals surface area contributed by atoms with E-state index in [9.17, 15) is 13.7 Å². The molecule has 2 fully saturated rings. The highest BCUT2D eigenvalue weighted by Crippen LogP contribution is 2.44. The lowest BCUT2D eigenvalue weighted by Crippen LogP contribution is -2.47. The zero-order chi connectivity index (χ0) is 12.8. The molecule has 0 saturated carbocycles. The van der Waals surface area contributed by atoms with Crippen LogP contribution in [0.25, 0.3) is 0 Å². The van der Waals surface area contributed by atoms with E-state index < -0.39 is 16.4 Å². The number of halogens is 1. The minimum absolute atomic E-state index is 0.0748. The number of benzene rings is 1. The van der Waals surface area contributed by atoms with Crippen LogP contribution in [-0.4, -0.2) is 19.8 Å². The molecule has 1 aromatic carbocycles. The van der Waals surface area contributed by atoms with Crippen molar-refractivity contribution in [3.05, 3.63) is 35.6 Å². The highest BCUT2D eigenvalue weighted by molar-refractivity contribution is 7.86. The third-order valence-corrected chi connectivity index (χ3v) is 6.32. The van der Waals surface area contributed by atoms with Crippen LogP contribution in [-0.2, 0) is 16.4 Å². The van der Waals surface area contributed by atoms with E-state index in [1.807, 2.05) is 0 Å². The van der Waals surface area contributed by atoms with Crippen LogP contribution >= 0.6 is 0 Å². The van der Waals surface area contributed by atoms with Gasteiger partial charge < -0.3 is 5.11 Å². The Bertz CT molecular complexity index is 472. The lowest BCUT2D eigenvalue weighted by atomic mass is 9.80. The molecule has 3 rings (SSSR count). The maximum Gasteiger partial charge on any atom is 0.123 e. The largest absolute Gasteiger partial charge is 0.385 e. The predicted molar refractivity (Wildman–Crippen MR) is 69.1 cm³/mol. The summed E-state index contributed by atoms with van der Waals surface area (Å²) in [5, 5.41) is 10.9. The lowest BCUT2D eigenvalue weighted by Gasteiger charge is -2.43. The van der Waals surface area contributed by atoms with Crippen LogP contribution in [0.2, 0.25) is 0 Å². The van der Waals surface area contributed by atoms with E-state index in [-0.39, 0.29) is 16.3 Å². The molecule has 1 N–H and O–H groups in total. The monoisotopic (exact) mass is 268 g/mol. The zero-order valence-corrected chi connectivity index (χ0v) is 11.0. The van der Waals surface area contributed by atoms with Gasteiger partial charge >= 0.3 is 0 Å². The molecule has 2 nitrogen and oxygen atoms in total. The molecule has 2 bridgehead atoms. The average Bonchev–Trinajstić information content (AvgIpc) is 2.31. The Kier molecular flexibility index (Phi) is 3.02. The van der Waals surface area contributed by atoms with Crippen LogP contribution in [0.1, 0.15) is 37.7 Å². The van der Waals surface area contributed by atoms with Crippen LogP contribution in [0.15, 0.2) is 24.3 Å². The van der Waals surface area contributed by atoms with Crippen LogP contribution in [0.3, 0.4) is 0 Å². The number of rotatable bonds is 1. The number of hydrogen-bond acceptors (Lipinski definition) is 2. The zero-order valence-electron chi connectivity index (χ0n) is 10.1. The Morgan fingerprint density at radius 3 is 2.56 bits per heavy atom. The summed E-state index contributed by atoms with van der Waals surface area (Å²) in [7, 11) is -0.815. The molecule has 2 aliphatic heterocycles. The van der Waals surface area contributed by atoms with E-state index in [4.69, 9.17) is 0 Å². The van der Waals surface area contributed by atoms with Gasteiger partial charge in [0.05, 0.1) is 5.60 Å². The summed E-state index contributed by atoms with van der Waals surface area (Å²) in [4.78, 5) is 0. The van der Waals surface area contributed by atoms with Crippen LogP contribution < -0.4 is 0 Å². The van der Waals surface area contributed by atoms with Crippen molar-refractivity contribution in [2.75, 3.05) is 0 Å². The topological polar surface area (TPSA) is 37.3 Å². The number of aliphatic hydroxyl groups is 1. The first-order valence-corrected chi connectivity index (χ1v) is 7.74. The normalized spacial score (nSPS) is 39.6. The molecule has 2 atom stereocenters. The van der Waals surface area contributed by atoms with Crippen molar-refractivity contribution in [2.24, 2.45) is 0 Å². The average molecular weight is 268 g/mol. The van der Waals surface area contributed by atoms with Crippen molar-refractivity contribution in [3.8, 4) is 0 Å². The van der Waals surface area contributed by atoms with Gasteiger partial charge in [0.15, 0.2) is 0 Å². The molecule has 1 aromatic rings. The van der Waals surface area contributed by atoms with Crippen LogP contribution in [0.5, 0.6) is 0 Å². The van der Waals surface area contributed by atoms with Gasteiger partial charge in [-0.2, -0.15) is 0 Å². The first-order valence-electron chi connectivity index (χ1n) is 6.46. The molecule has 0 aliphatic carbocycles. The fourth-order valence-electron chi connectivity index (χ4n) is 3.30. The first-order chi connectivity index (χ1) is 8.58. The molecule has 2 unspecified atom stereocenters. The van der Waals surface area contributed by atoms with Crippen LogP contribution in [0, 0.1) is 5.82 Å². The molecule has 2 heterocycles. The maximum atomic E-state index is 13.3. The van der Waals surface area contributed by atoms with Gasteiger partial charge in [-0.05, 0) is 43.4 Å². The summed E-state index contributed by atoms with van der Waals surface area (Å²) >= 11 is 0. The Hall–Kier alpha value is -0.740. The second kappa shape index (κ2) is 4.42. The molecule has 0 amide bonds. The molecular weight excluding hydrogens is 251 g/mol. The van der Waals surface area contributed by atoms with Gasteiger partial charge in [-0.1, -0.05) is 18.6 Å². The van der Waals surface area contributed by atoms with Crippen molar-refractivity contribution in [1.29, 1.82) is 0 Å². The first kappa shape index (κ1) is 12.3. The van der Waals surface area contributed by atoms with Gasteiger partial charge in [-0.15, -0.1) is 0 Å². The van der Waals surface area contributed by atoms with Gasteiger partial charge in [-0.3, -0.25) is 4.21 Å². The molecule has 2 aliphatic rings. The Labute approximate surface area is 109 Å². The molecule has 0 aromatic heterocycles. The van der Waals surface area contributed by atoms with Gasteiger partial charge in [0.1, 0.15) is 5.82 Å². The number of fused-ring (bicyclic) bond motifs is 2. The fraction of sp³-hybridized carbons (Fsp3) is 0.571. The highest BCUT2D eigenvalue weighted by atomic mass is 32.2. The SMILES string of the molecule is O=S1C2CCCC1CC(O)(c1cccc(F)c1)C2. The summed E-state index contributed by atoms with van der Waals surface area (Å²) in [6, 6.07) is 6.19. The summed E-state index contributed by atoms with van der Waals surface area (Å²) in [5.41, 5.74) is -0.359. The lowest BCUT2D eigenvalue weighted by molar-refractivity contribution is 0.00628. The maximum absolute atomic E-state index is 13.3. The van der Waals surface area contributed by atoms with E-state index in [1.54, 1.807) is 12.1 Å². The highest BCUT2D eigenvalue weighted by Gasteiger charge is 2.46. The molecule has 98 valence electrons. The minimum Gasteiger partial charge on any atom is -0.385 e. The third kappa shape index (κ3) is 2.01. The van der Waals surface area contributed by atoms with E-state index in [2.05, 4.69) is 0 Å². The molecule has 4 heteroatoms. The van der Waals surface area contributed by atoms with Gasteiger partial charge in [0.2, 0.25) is 0 Å². The van der Waals surface area contributed by atoms with Gasteiger partial charge in [0, 0.05) is 21.3 Å². The predicted octanol–water partition coefficient (Wildman–Crippen LogP) is 2.48. The fourth-order valence-corrected chi connectivity index (χ4v) is 5.52. The smallest absolute Gasteiger partial charge is 0.123 e. The van der Waals surface area contributed by atoms with Crippen LogP contribution in [0.4, 0.5) is 4.39 Å². The summed E-state index contributed by atoms with van der Waals surface area (Å²) in [6.07, 6.45) is 3.93. The van der Waals surface area contributed by atoms with Crippen molar-refractivity contribution >= 4 is 10.8 Å². The standard InChI is InChI=1S/C14H17FO2S/c15-11-4-1-3-10(7-11)14(16)8-12-5-2-6-13(9-14)18(12)17/h1,3-4,7,12-13,16H,2,5-6,8-9H2. The molecular formula is C14H17FO2S. The van der Waals surface area contributed by atoms with Crippen molar-refractivity contribution in [3.63, 3.8) is 0 Å². The van der Waals surface area contributed by atoms with Crippen molar-refractivity contribution in [2.45, 2.75) is 48.2 Å². The van der Waals surface area contributed by atoms with Gasteiger partial charge in [-0.25, -0.2) is 4.39 Å². The van der Waals surface area contributed by atoms with Crippen molar-refractivity contribution in [1.82, 2.24) is 0 Å². The van der Waals surface area contributed by atoms with E-state index >= 15 is 0 Å². The molecule has 0 spiro atoms. The summed E-state index contributed by atoms with van der Waals surface area (Å²) in [5.74, 6) is -0.321. The minimum atomic E-state index is -0.994. The van der Waals surface area contributed by atoms with Crippen molar-refractivity contribution < 1.29 is 13.7 Å². The number of hydrogen-bond donors (Lipinski definition) is 1. The third-order valence-electron chi connectivity index (χ3n) is 4.20. The second-order valence-corrected chi connectivity index (χ2v) is 7.44. The Balaban J connectivity index is 1.94. The quantitative estimate of drug-likeness (QED) is 0.849. The van der Waals surface area contributed by atoms with Gasteiger partial charge in [0.25, 0.3) is 0 Å². The second-order valence-electron chi connectivity index (χ2n) is 5.45. The molecule has 18 heavy (non-hydrogen) atoms. The summed E-state index contributed by atoms with van der Waals surface area (Å²) in [6.45, 7) is 0. The van der Waals surface area contributed by atoms with E-state index in [0.717, 1.165) is 19.3 Å². The Morgan fingerprint density at radius 2 is 1.94 bits per heavy atom. The molecule has 0 radical (unpaired) electrons. The van der Waals surface area contributed by atoms with E-state index in [1.165, 1.54) is 12.1 Å². The van der Waals surface area contributed by atoms with E-state index in [0.29, 0.717) is 18.4 Å². The molecule has 2 saturated heterocycles.